The first-order valence-electron chi connectivity index (χ1n) is 6.39. The van der Waals surface area contributed by atoms with E-state index in [1.165, 1.54) is 5.69 Å². The highest BCUT2D eigenvalue weighted by molar-refractivity contribution is 5.59. The third-order valence-electron chi connectivity index (χ3n) is 3.48. The molecule has 0 spiro atoms. The predicted octanol–water partition coefficient (Wildman–Crippen LogP) is 2.27. The topological polar surface area (TPSA) is 24.5 Å². The molecule has 3 heteroatoms. The molecule has 1 aromatic rings. The van der Waals surface area contributed by atoms with Gasteiger partial charge in [-0.1, -0.05) is 19.1 Å². The van der Waals surface area contributed by atoms with Crippen LogP contribution in [-0.4, -0.2) is 32.3 Å². The van der Waals surface area contributed by atoms with E-state index in [9.17, 15) is 0 Å². The van der Waals surface area contributed by atoms with Crippen molar-refractivity contribution < 1.29 is 4.74 Å². The molecular weight excluding hydrogens is 212 g/mol. The summed E-state index contributed by atoms with van der Waals surface area (Å²) in [5.74, 6) is 0.972. The third-order valence-corrected chi connectivity index (χ3v) is 3.48. The number of anilines is 1. The monoisotopic (exact) mass is 234 g/mol. The maximum absolute atomic E-state index is 5.46. The predicted molar refractivity (Wildman–Crippen MR) is 71.9 cm³/mol. The molecule has 1 heterocycles. The summed E-state index contributed by atoms with van der Waals surface area (Å²) in [5.41, 5.74) is 1.22. The van der Waals surface area contributed by atoms with Crippen LogP contribution in [0.5, 0.6) is 5.75 Å². The van der Waals surface area contributed by atoms with Crippen LogP contribution in [0, 0.1) is 0 Å². The average molecular weight is 234 g/mol. The SMILES string of the molecule is CCC1CNC(C)CN1c1ccccc1OC. The van der Waals surface area contributed by atoms with E-state index in [0.29, 0.717) is 12.1 Å². The molecule has 17 heavy (non-hydrogen) atoms. The minimum atomic E-state index is 0.530. The second kappa shape index (κ2) is 5.41. The van der Waals surface area contributed by atoms with Crippen LogP contribution in [0.2, 0.25) is 0 Å². The van der Waals surface area contributed by atoms with Crippen molar-refractivity contribution in [3.63, 3.8) is 0 Å². The quantitative estimate of drug-likeness (QED) is 0.868. The van der Waals surface area contributed by atoms with Gasteiger partial charge in [0.1, 0.15) is 5.75 Å². The van der Waals surface area contributed by atoms with Gasteiger partial charge in [-0.25, -0.2) is 0 Å². The van der Waals surface area contributed by atoms with Crippen LogP contribution in [-0.2, 0) is 0 Å². The molecule has 2 atom stereocenters. The van der Waals surface area contributed by atoms with E-state index in [1.54, 1.807) is 7.11 Å². The van der Waals surface area contributed by atoms with Crippen LogP contribution in [0.15, 0.2) is 24.3 Å². The van der Waals surface area contributed by atoms with Gasteiger partial charge in [-0.15, -0.1) is 0 Å². The van der Waals surface area contributed by atoms with Crippen molar-refractivity contribution in [3.05, 3.63) is 24.3 Å². The fourth-order valence-corrected chi connectivity index (χ4v) is 2.48. The molecule has 1 aliphatic heterocycles. The summed E-state index contributed by atoms with van der Waals surface area (Å²) in [5, 5.41) is 3.54. The van der Waals surface area contributed by atoms with Crippen molar-refractivity contribution in [2.45, 2.75) is 32.4 Å². The molecule has 1 aromatic carbocycles. The van der Waals surface area contributed by atoms with E-state index in [4.69, 9.17) is 4.74 Å². The summed E-state index contributed by atoms with van der Waals surface area (Å²) < 4.78 is 5.46. The smallest absolute Gasteiger partial charge is 0.142 e. The summed E-state index contributed by atoms with van der Waals surface area (Å²) in [6.07, 6.45) is 1.15. The van der Waals surface area contributed by atoms with Crippen molar-refractivity contribution in [2.24, 2.45) is 0 Å². The fourth-order valence-electron chi connectivity index (χ4n) is 2.48. The molecule has 2 rings (SSSR count). The summed E-state index contributed by atoms with van der Waals surface area (Å²) in [6.45, 7) is 6.56. The van der Waals surface area contributed by atoms with Gasteiger partial charge < -0.3 is 15.0 Å². The van der Waals surface area contributed by atoms with E-state index < -0.39 is 0 Å². The van der Waals surface area contributed by atoms with Crippen molar-refractivity contribution in [1.29, 1.82) is 0 Å². The molecule has 94 valence electrons. The zero-order valence-corrected chi connectivity index (χ0v) is 10.9. The Morgan fingerprint density at radius 3 is 2.88 bits per heavy atom. The Hall–Kier alpha value is -1.22. The largest absolute Gasteiger partial charge is 0.495 e. The molecule has 3 nitrogen and oxygen atoms in total. The maximum atomic E-state index is 5.46. The van der Waals surface area contributed by atoms with Crippen molar-refractivity contribution >= 4 is 5.69 Å². The lowest BCUT2D eigenvalue weighted by Gasteiger charge is -2.41. The number of hydrogen-bond donors (Lipinski definition) is 1. The van der Waals surface area contributed by atoms with Crippen LogP contribution in [0.25, 0.3) is 0 Å². The van der Waals surface area contributed by atoms with Gasteiger partial charge in [0.15, 0.2) is 0 Å². The van der Waals surface area contributed by atoms with Gasteiger partial charge in [0.2, 0.25) is 0 Å². The zero-order chi connectivity index (χ0) is 12.3. The molecular formula is C14H22N2O. The number of para-hydroxylation sites is 2. The first-order chi connectivity index (χ1) is 8.26. The minimum Gasteiger partial charge on any atom is -0.495 e. The number of methoxy groups -OCH3 is 1. The second-order valence-electron chi connectivity index (χ2n) is 4.70. The average Bonchev–Trinajstić information content (AvgIpc) is 2.38. The molecule has 1 N–H and O–H groups in total. The summed E-state index contributed by atoms with van der Waals surface area (Å²) in [6, 6.07) is 9.38. The molecule has 1 aliphatic rings. The molecule has 0 aliphatic carbocycles. The molecule has 1 saturated heterocycles. The highest BCUT2D eigenvalue weighted by atomic mass is 16.5. The third kappa shape index (κ3) is 2.55. The van der Waals surface area contributed by atoms with E-state index in [0.717, 1.165) is 25.3 Å². The summed E-state index contributed by atoms with van der Waals surface area (Å²) >= 11 is 0. The summed E-state index contributed by atoms with van der Waals surface area (Å²) in [4.78, 5) is 2.47. The maximum Gasteiger partial charge on any atom is 0.142 e. The Balaban J connectivity index is 2.28. The Bertz CT molecular complexity index is 367. The Labute approximate surface area is 104 Å². The normalized spacial score (nSPS) is 24.8. The first-order valence-corrected chi connectivity index (χ1v) is 6.39. The van der Waals surface area contributed by atoms with Crippen molar-refractivity contribution in [2.75, 3.05) is 25.1 Å². The highest BCUT2D eigenvalue weighted by Crippen LogP contribution is 2.30. The Morgan fingerprint density at radius 2 is 2.18 bits per heavy atom. The van der Waals surface area contributed by atoms with E-state index in [2.05, 4.69) is 36.2 Å². The molecule has 0 saturated carbocycles. The lowest BCUT2D eigenvalue weighted by molar-refractivity contribution is 0.385. The van der Waals surface area contributed by atoms with Gasteiger partial charge in [0, 0.05) is 25.2 Å². The van der Waals surface area contributed by atoms with Gasteiger partial charge in [0.05, 0.1) is 12.8 Å². The molecule has 2 unspecified atom stereocenters. The van der Waals surface area contributed by atoms with E-state index >= 15 is 0 Å². The van der Waals surface area contributed by atoms with Crippen LogP contribution in [0.3, 0.4) is 0 Å². The van der Waals surface area contributed by atoms with Crippen LogP contribution < -0.4 is 15.0 Å². The number of piperazine rings is 1. The molecule has 0 radical (unpaired) electrons. The molecule has 1 fully saturated rings. The summed E-state index contributed by atoms with van der Waals surface area (Å²) in [7, 11) is 1.74. The Kier molecular flexibility index (Phi) is 3.89. The lowest BCUT2D eigenvalue weighted by Crippen LogP contribution is -2.55. The Morgan fingerprint density at radius 1 is 1.41 bits per heavy atom. The number of nitrogens with one attached hydrogen (secondary N) is 1. The van der Waals surface area contributed by atoms with Crippen molar-refractivity contribution in [1.82, 2.24) is 5.32 Å². The molecule has 0 amide bonds. The highest BCUT2D eigenvalue weighted by Gasteiger charge is 2.26. The van der Waals surface area contributed by atoms with Crippen LogP contribution >= 0.6 is 0 Å². The van der Waals surface area contributed by atoms with Gasteiger partial charge in [-0.2, -0.15) is 0 Å². The molecule has 0 aromatic heterocycles. The van der Waals surface area contributed by atoms with Crippen LogP contribution in [0.4, 0.5) is 5.69 Å². The van der Waals surface area contributed by atoms with Gasteiger partial charge in [-0.3, -0.25) is 0 Å². The fraction of sp³-hybridized carbons (Fsp3) is 0.571. The lowest BCUT2D eigenvalue weighted by atomic mass is 10.1. The zero-order valence-electron chi connectivity index (χ0n) is 10.9. The minimum absolute atomic E-state index is 0.530. The molecule has 0 bridgehead atoms. The number of benzene rings is 1. The van der Waals surface area contributed by atoms with Crippen molar-refractivity contribution in [3.8, 4) is 5.75 Å². The second-order valence-corrected chi connectivity index (χ2v) is 4.70. The number of rotatable bonds is 3. The van der Waals surface area contributed by atoms with E-state index in [1.807, 2.05) is 12.1 Å². The standard InChI is InChI=1S/C14H22N2O/c1-4-12-9-15-11(2)10-16(12)13-7-5-6-8-14(13)17-3/h5-8,11-12,15H,4,9-10H2,1-3H3. The van der Waals surface area contributed by atoms with E-state index in [-0.39, 0.29) is 0 Å². The van der Waals surface area contributed by atoms with Gasteiger partial charge in [-0.05, 0) is 25.5 Å². The number of ether oxygens (including phenoxy) is 1. The first kappa shape index (κ1) is 12.2. The van der Waals surface area contributed by atoms with Gasteiger partial charge in [0.25, 0.3) is 0 Å². The number of nitrogens with zero attached hydrogens (tertiary/aromatic N) is 1. The van der Waals surface area contributed by atoms with Crippen LogP contribution in [0.1, 0.15) is 20.3 Å². The van der Waals surface area contributed by atoms with Gasteiger partial charge >= 0.3 is 0 Å². The number of hydrogen-bond acceptors (Lipinski definition) is 3.